The van der Waals surface area contributed by atoms with Gasteiger partial charge in [0, 0.05) is 17.9 Å². The lowest BCUT2D eigenvalue weighted by atomic mass is 10.1. The summed E-state index contributed by atoms with van der Waals surface area (Å²) in [6.45, 7) is 3.81. The monoisotopic (exact) mass is 316 g/mol. The first-order valence-electron chi connectivity index (χ1n) is 6.08. The molecular weight excluding hydrogens is 300 g/mol. The number of sulfonamides is 1. The van der Waals surface area contributed by atoms with Crippen LogP contribution in [0.5, 0.6) is 0 Å². The smallest absolute Gasteiger partial charge is 0.305 e. The predicted octanol–water partition coefficient (Wildman–Crippen LogP) is 0.687. The minimum atomic E-state index is -3.61. The Bertz CT molecular complexity index is 742. The van der Waals surface area contributed by atoms with Crippen molar-refractivity contribution in [1.29, 1.82) is 0 Å². The third-order valence-corrected chi connectivity index (χ3v) is 5.94. The second-order valence-corrected chi connectivity index (χ2v) is 7.39. The van der Waals surface area contributed by atoms with Gasteiger partial charge in [0.05, 0.1) is 6.20 Å². The van der Waals surface area contributed by atoms with E-state index in [1.54, 1.807) is 13.1 Å². The van der Waals surface area contributed by atoms with Crippen molar-refractivity contribution in [1.82, 2.24) is 19.9 Å². The van der Waals surface area contributed by atoms with Crippen LogP contribution in [0.2, 0.25) is 0 Å². The topological polar surface area (TPSA) is 108 Å². The Kier molecular flexibility index (Phi) is 4.41. The highest BCUT2D eigenvalue weighted by atomic mass is 32.2. The molecule has 2 rings (SSSR count). The Balaban J connectivity index is 1.92. The van der Waals surface area contributed by atoms with Crippen LogP contribution in [0.15, 0.2) is 15.2 Å². The molecule has 0 bridgehead atoms. The lowest BCUT2D eigenvalue weighted by Gasteiger charge is -2.05. The summed E-state index contributed by atoms with van der Waals surface area (Å²) in [6, 6.07) is 0. The maximum absolute atomic E-state index is 12.0. The molecule has 0 unspecified atom stereocenters. The lowest BCUT2D eigenvalue weighted by molar-refractivity contribution is 0.580. The van der Waals surface area contributed by atoms with E-state index in [2.05, 4.69) is 19.9 Å². The van der Waals surface area contributed by atoms with Gasteiger partial charge in [0.25, 0.3) is 10.0 Å². The predicted molar refractivity (Wildman–Crippen MR) is 76.5 cm³/mol. The molecule has 2 aromatic rings. The van der Waals surface area contributed by atoms with Gasteiger partial charge in [-0.25, -0.2) is 13.1 Å². The number of aryl methyl sites for hydroxylation is 3. The fourth-order valence-electron chi connectivity index (χ4n) is 1.83. The Morgan fingerprint density at radius 1 is 1.35 bits per heavy atom. The number of thiazole rings is 1. The van der Waals surface area contributed by atoms with Crippen LogP contribution in [0.1, 0.15) is 23.4 Å². The highest BCUT2D eigenvalue weighted by Crippen LogP contribution is 2.15. The molecule has 3 N–H and O–H groups in total. The fraction of sp³-hybridized carbons (Fsp3) is 0.455. The van der Waals surface area contributed by atoms with Gasteiger partial charge in [-0.05, 0) is 32.3 Å². The van der Waals surface area contributed by atoms with Crippen LogP contribution < -0.4 is 9.60 Å². The molecule has 0 fully saturated rings. The van der Waals surface area contributed by atoms with Gasteiger partial charge in [0.1, 0.15) is 0 Å². The summed E-state index contributed by atoms with van der Waals surface area (Å²) in [4.78, 5) is 13.2. The van der Waals surface area contributed by atoms with E-state index in [9.17, 15) is 13.2 Å². The number of aromatic amines is 2. The Hall–Kier alpha value is -1.45. The SMILES string of the molecule is Cc1[nH]ncc1CCCNS(=O)(=O)c1sc(=O)[nH]c1C. The highest BCUT2D eigenvalue weighted by molar-refractivity contribution is 7.91. The first kappa shape index (κ1) is 14.9. The molecule has 0 aliphatic rings. The quantitative estimate of drug-likeness (QED) is 0.681. The zero-order valence-electron chi connectivity index (χ0n) is 11.2. The second kappa shape index (κ2) is 5.90. The number of aromatic nitrogens is 3. The largest absolute Gasteiger partial charge is 0.315 e. The van der Waals surface area contributed by atoms with E-state index in [1.807, 2.05) is 6.92 Å². The van der Waals surface area contributed by atoms with Crippen LogP contribution in [0.25, 0.3) is 0 Å². The van der Waals surface area contributed by atoms with Crippen molar-refractivity contribution in [2.75, 3.05) is 6.54 Å². The second-order valence-electron chi connectivity index (χ2n) is 4.45. The Morgan fingerprint density at radius 2 is 2.10 bits per heavy atom. The third kappa shape index (κ3) is 3.35. The number of hydrogen-bond acceptors (Lipinski definition) is 5. The summed E-state index contributed by atoms with van der Waals surface area (Å²) in [5.41, 5.74) is 2.44. The fourth-order valence-corrected chi connectivity index (χ4v) is 4.24. The van der Waals surface area contributed by atoms with E-state index in [4.69, 9.17) is 0 Å². The lowest BCUT2D eigenvalue weighted by Crippen LogP contribution is -2.25. The third-order valence-electron chi connectivity index (χ3n) is 2.87. The van der Waals surface area contributed by atoms with Gasteiger partial charge in [-0.2, -0.15) is 5.10 Å². The van der Waals surface area contributed by atoms with Crippen molar-refractivity contribution in [3.05, 3.63) is 32.8 Å². The van der Waals surface area contributed by atoms with E-state index in [1.165, 1.54) is 0 Å². The Morgan fingerprint density at radius 3 is 2.65 bits per heavy atom. The van der Waals surface area contributed by atoms with Gasteiger partial charge < -0.3 is 4.98 Å². The summed E-state index contributed by atoms with van der Waals surface area (Å²) in [5, 5.41) is 6.75. The zero-order chi connectivity index (χ0) is 14.8. The first-order chi connectivity index (χ1) is 9.40. The molecule has 0 aliphatic heterocycles. The van der Waals surface area contributed by atoms with Gasteiger partial charge in [0.15, 0.2) is 4.21 Å². The summed E-state index contributed by atoms with van der Waals surface area (Å²) in [5.74, 6) is 0. The number of nitrogens with zero attached hydrogens (tertiary/aromatic N) is 1. The van der Waals surface area contributed by atoms with E-state index in [0.29, 0.717) is 30.0 Å². The summed E-state index contributed by atoms with van der Waals surface area (Å²) >= 11 is 0.703. The molecule has 0 aromatic carbocycles. The van der Waals surface area contributed by atoms with E-state index < -0.39 is 10.0 Å². The number of hydrogen-bond donors (Lipinski definition) is 3. The van der Waals surface area contributed by atoms with E-state index >= 15 is 0 Å². The van der Waals surface area contributed by atoms with Crippen molar-refractivity contribution in [3.8, 4) is 0 Å². The Labute approximate surface area is 120 Å². The summed E-state index contributed by atoms with van der Waals surface area (Å²) in [7, 11) is -3.61. The molecule has 0 saturated carbocycles. The van der Waals surface area contributed by atoms with Gasteiger partial charge in [-0.3, -0.25) is 9.89 Å². The van der Waals surface area contributed by atoms with E-state index in [-0.39, 0.29) is 9.08 Å². The normalized spacial score (nSPS) is 11.9. The van der Waals surface area contributed by atoms with Crippen LogP contribution in [0, 0.1) is 13.8 Å². The van der Waals surface area contributed by atoms with Gasteiger partial charge in [0.2, 0.25) is 0 Å². The molecule has 7 nitrogen and oxygen atoms in total. The average molecular weight is 316 g/mol. The molecule has 0 radical (unpaired) electrons. The molecule has 0 aliphatic carbocycles. The maximum Gasteiger partial charge on any atom is 0.305 e. The van der Waals surface area contributed by atoms with Crippen molar-refractivity contribution < 1.29 is 8.42 Å². The molecule has 2 aromatic heterocycles. The van der Waals surface area contributed by atoms with Gasteiger partial charge >= 0.3 is 4.87 Å². The van der Waals surface area contributed by atoms with Crippen LogP contribution in [-0.4, -0.2) is 30.1 Å². The van der Waals surface area contributed by atoms with Crippen molar-refractivity contribution in [2.24, 2.45) is 0 Å². The first-order valence-corrected chi connectivity index (χ1v) is 8.38. The van der Waals surface area contributed by atoms with Gasteiger partial charge in [-0.1, -0.05) is 11.3 Å². The molecule has 20 heavy (non-hydrogen) atoms. The van der Waals surface area contributed by atoms with Crippen LogP contribution >= 0.6 is 11.3 Å². The maximum atomic E-state index is 12.0. The molecular formula is C11H16N4O3S2. The summed E-state index contributed by atoms with van der Waals surface area (Å²) < 4.78 is 26.6. The molecule has 2 heterocycles. The molecule has 110 valence electrons. The molecule has 0 atom stereocenters. The number of rotatable bonds is 6. The standard InChI is InChI=1S/C11H16N4O3S2/c1-7-9(6-12-15-7)4-3-5-13-20(17,18)10-8(2)14-11(16)19-10/h6,13H,3-5H2,1-2H3,(H,12,15)(H,14,16). The highest BCUT2D eigenvalue weighted by Gasteiger charge is 2.19. The zero-order valence-corrected chi connectivity index (χ0v) is 12.8. The number of H-pyrrole nitrogens is 2. The minimum Gasteiger partial charge on any atom is -0.315 e. The molecule has 9 heteroatoms. The van der Waals surface area contributed by atoms with Gasteiger partial charge in [-0.15, -0.1) is 0 Å². The van der Waals surface area contributed by atoms with Crippen molar-refractivity contribution >= 4 is 21.4 Å². The molecule has 0 amide bonds. The van der Waals surface area contributed by atoms with Crippen LogP contribution in [0.3, 0.4) is 0 Å². The van der Waals surface area contributed by atoms with Crippen molar-refractivity contribution in [3.63, 3.8) is 0 Å². The minimum absolute atomic E-state index is 0.0574. The van der Waals surface area contributed by atoms with Crippen molar-refractivity contribution in [2.45, 2.75) is 30.9 Å². The molecule has 0 spiro atoms. The number of nitrogens with one attached hydrogen (secondary N) is 3. The summed E-state index contributed by atoms with van der Waals surface area (Å²) in [6.07, 6.45) is 3.15. The average Bonchev–Trinajstić information content (AvgIpc) is 2.91. The van der Waals surface area contributed by atoms with Crippen LogP contribution in [0.4, 0.5) is 0 Å². The van der Waals surface area contributed by atoms with Crippen LogP contribution in [-0.2, 0) is 16.4 Å². The molecule has 0 saturated heterocycles. The van der Waals surface area contributed by atoms with E-state index in [0.717, 1.165) is 17.7 Å².